The number of piperidine rings is 1. The van der Waals surface area contributed by atoms with Crippen molar-refractivity contribution in [1.82, 2.24) is 14.8 Å². The van der Waals surface area contributed by atoms with E-state index in [4.69, 9.17) is 4.74 Å². The summed E-state index contributed by atoms with van der Waals surface area (Å²) in [4.78, 5) is 14.5. The van der Waals surface area contributed by atoms with E-state index >= 15 is 0 Å². The number of fused-ring (bicyclic) bond motifs is 4. The molecule has 1 fully saturated rings. The van der Waals surface area contributed by atoms with Crippen molar-refractivity contribution >= 4 is 5.82 Å². The van der Waals surface area contributed by atoms with Gasteiger partial charge in [0.25, 0.3) is 5.56 Å². The monoisotopic (exact) mass is 374 g/mol. The quantitative estimate of drug-likeness (QED) is 0.705. The van der Waals surface area contributed by atoms with Crippen molar-refractivity contribution in [2.45, 2.75) is 18.9 Å². The molecule has 6 nitrogen and oxygen atoms in total. The molecule has 0 saturated carbocycles. The molecule has 2 aromatic heterocycles. The first-order valence-electron chi connectivity index (χ1n) is 9.65. The second kappa shape index (κ2) is 6.78. The van der Waals surface area contributed by atoms with Crippen molar-refractivity contribution in [2.75, 3.05) is 25.1 Å². The number of benzene rings is 1. The van der Waals surface area contributed by atoms with Gasteiger partial charge in [0, 0.05) is 42.9 Å². The highest BCUT2D eigenvalue weighted by Crippen LogP contribution is 2.36. The lowest BCUT2D eigenvalue weighted by Crippen LogP contribution is -2.47. The van der Waals surface area contributed by atoms with Crippen LogP contribution in [0.3, 0.4) is 0 Å². The van der Waals surface area contributed by atoms with E-state index in [0.717, 1.165) is 54.6 Å². The molecule has 0 radical (unpaired) electrons. The minimum Gasteiger partial charge on any atom is -0.496 e. The number of nitrogens with zero attached hydrogens (tertiary/aromatic N) is 4. The lowest BCUT2D eigenvalue weighted by atomic mass is 9.83. The van der Waals surface area contributed by atoms with Crippen LogP contribution < -0.4 is 15.2 Å². The maximum atomic E-state index is 12.2. The zero-order valence-electron chi connectivity index (χ0n) is 15.8. The normalized spacial score (nSPS) is 20.5. The van der Waals surface area contributed by atoms with Crippen LogP contribution in [-0.4, -0.2) is 35.0 Å². The topological polar surface area (TPSA) is 60.2 Å². The summed E-state index contributed by atoms with van der Waals surface area (Å²) in [5.74, 6) is 2.50. The lowest BCUT2D eigenvalue weighted by molar-refractivity contribution is 0.280. The maximum absolute atomic E-state index is 12.2. The van der Waals surface area contributed by atoms with Crippen molar-refractivity contribution < 1.29 is 4.74 Å². The molecule has 142 valence electrons. The molecule has 2 aliphatic rings. The number of anilines is 1. The van der Waals surface area contributed by atoms with Gasteiger partial charge in [0.2, 0.25) is 0 Å². The predicted molar refractivity (Wildman–Crippen MR) is 108 cm³/mol. The Morgan fingerprint density at radius 1 is 0.964 bits per heavy atom. The fraction of sp³-hybridized carbons (Fsp3) is 0.318. The average Bonchev–Trinajstić information content (AvgIpc) is 2.74. The third-order valence-corrected chi connectivity index (χ3v) is 5.84. The summed E-state index contributed by atoms with van der Waals surface area (Å²) in [6.07, 6.45) is 1.13. The first-order valence-corrected chi connectivity index (χ1v) is 9.65. The zero-order valence-corrected chi connectivity index (χ0v) is 15.8. The fourth-order valence-electron chi connectivity index (χ4n) is 4.58. The molecule has 0 N–H and O–H groups in total. The summed E-state index contributed by atoms with van der Waals surface area (Å²) in [5.41, 5.74) is 3.00. The third kappa shape index (κ3) is 2.85. The molecule has 6 heteroatoms. The van der Waals surface area contributed by atoms with E-state index in [0.29, 0.717) is 11.8 Å². The Hall–Kier alpha value is -3.15. The van der Waals surface area contributed by atoms with Crippen LogP contribution in [0.25, 0.3) is 11.3 Å². The molecule has 2 aliphatic heterocycles. The molecule has 2 atom stereocenters. The van der Waals surface area contributed by atoms with E-state index in [1.807, 2.05) is 47.0 Å². The molecule has 0 aliphatic carbocycles. The highest BCUT2D eigenvalue weighted by Gasteiger charge is 2.35. The first-order chi connectivity index (χ1) is 13.7. The van der Waals surface area contributed by atoms with Crippen LogP contribution in [0.15, 0.2) is 59.4 Å². The van der Waals surface area contributed by atoms with Crippen molar-refractivity contribution in [1.29, 1.82) is 0 Å². The summed E-state index contributed by atoms with van der Waals surface area (Å²) in [6, 6.07) is 17.5. The standard InChI is InChI=1S/C22H22N4O2/c1-28-20-7-3-2-5-17(20)18-9-10-21(24-23-18)25-12-15-11-16(14-25)19-6-4-8-22(27)26(19)13-15/h2-10,15-16H,11-14H2,1H3. The smallest absolute Gasteiger partial charge is 0.250 e. The minimum absolute atomic E-state index is 0.113. The second-order valence-electron chi connectivity index (χ2n) is 7.58. The van der Waals surface area contributed by atoms with Crippen LogP contribution in [-0.2, 0) is 6.54 Å². The molecule has 2 unspecified atom stereocenters. The number of hydrogen-bond donors (Lipinski definition) is 0. The summed E-state index contributed by atoms with van der Waals surface area (Å²) in [7, 11) is 1.66. The van der Waals surface area contributed by atoms with E-state index in [1.54, 1.807) is 13.2 Å². The van der Waals surface area contributed by atoms with Crippen molar-refractivity contribution in [3.63, 3.8) is 0 Å². The lowest BCUT2D eigenvalue weighted by Gasteiger charge is -2.43. The molecule has 4 heterocycles. The van der Waals surface area contributed by atoms with Crippen LogP contribution in [0.5, 0.6) is 5.75 Å². The molecule has 1 saturated heterocycles. The number of aromatic nitrogens is 3. The number of methoxy groups -OCH3 is 1. The molecular weight excluding hydrogens is 352 g/mol. The van der Waals surface area contributed by atoms with Gasteiger partial charge in [0.05, 0.1) is 12.8 Å². The fourth-order valence-corrected chi connectivity index (χ4v) is 4.58. The van der Waals surface area contributed by atoms with E-state index < -0.39 is 0 Å². The van der Waals surface area contributed by atoms with Crippen molar-refractivity contribution in [2.24, 2.45) is 5.92 Å². The number of rotatable bonds is 3. The van der Waals surface area contributed by atoms with Crippen LogP contribution in [0, 0.1) is 5.92 Å². The Morgan fingerprint density at radius 2 is 1.86 bits per heavy atom. The molecule has 1 aromatic carbocycles. The highest BCUT2D eigenvalue weighted by molar-refractivity contribution is 5.67. The van der Waals surface area contributed by atoms with Gasteiger partial charge in [-0.1, -0.05) is 18.2 Å². The van der Waals surface area contributed by atoms with E-state index in [1.165, 1.54) is 0 Å². The summed E-state index contributed by atoms with van der Waals surface area (Å²) in [5, 5.41) is 8.97. The van der Waals surface area contributed by atoms with Gasteiger partial charge >= 0.3 is 0 Å². The van der Waals surface area contributed by atoms with E-state index in [9.17, 15) is 4.79 Å². The van der Waals surface area contributed by atoms with Crippen molar-refractivity contribution in [3.05, 3.63) is 70.6 Å². The average molecular weight is 374 g/mol. The van der Waals surface area contributed by atoms with Crippen molar-refractivity contribution in [3.8, 4) is 17.0 Å². The number of ether oxygens (including phenoxy) is 1. The largest absolute Gasteiger partial charge is 0.496 e. The molecule has 28 heavy (non-hydrogen) atoms. The number of hydrogen-bond acceptors (Lipinski definition) is 5. The van der Waals surface area contributed by atoms with Gasteiger partial charge in [-0.2, -0.15) is 0 Å². The Labute approximate surface area is 163 Å². The van der Waals surface area contributed by atoms with Gasteiger partial charge in [-0.05, 0) is 42.7 Å². The molecule has 2 bridgehead atoms. The Morgan fingerprint density at radius 3 is 2.68 bits per heavy atom. The minimum atomic E-state index is 0.113. The van der Waals surface area contributed by atoms with Gasteiger partial charge in [-0.3, -0.25) is 4.79 Å². The molecule has 5 rings (SSSR count). The van der Waals surface area contributed by atoms with Crippen LogP contribution >= 0.6 is 0 Å². The summed E-state index contributed by atoms with van der Waals surface area (Å²) < 4.78 is 7.38. The van der Waals surface area contributed by atoms with Crippen LogP contribution in [0.2, 0.25) is 0 Å². The SMILES string of the molecule is COc1ccccc1-c1ccc(N2CC3CC(C2)c2cccc(=O)n2C3)nn1. The van der Waals surface area contributed by atoms with Gasteiger partial charge in [-0.15, -0.1) is 10.2 Å². The Bertz CT molecular complexity index is 1060. The number of para-hydroxylation sites is 1. The van der Waals surface area contributed by atoms with Gasteiger partial charge in [-0.25, -0.2) is 0 Å². The molecule has 0 spiro atoms. The Kier molecular flexibility index (Phi) is 4.11. The maximum Gasteiger partial charge on any atom is 0.250 e. The van der Waals surface area contributed by atoms with Gasteiger partial charge < -0.3 is 14.2 Å². The van der Waals surface area contributed by atoms with Crippen LogP contribution in [0.4, 0.5) is 5.82 Å². The third-order valence-electron chi connectivity index (χ3n) is 5.84. The molecule has 0 amide bonds. The van der Waals surface area contributed by atoms with Gasteiger partial charge in [0.15, 0.2) is 5.82 Å². The predicted octanol–water partition coefficient (Wildman–Crippen LogP) is 2.94. The molecular formula is C22H22N4O2. The molecule has 3 aromatic rings. The van der Waals surface area contributed by atoms with Gasteiger partial charge in [0.1, 0.15) is 5.75 Å². The highest BCUT2D eigenvalue weighted by atomic mass is 16.5. The number of pyridine rings is 1. The van der Waals surface area contributed by atoms with E-state index in [-0.39, 0.29) is 5.56 Å². The van der Waals surface area contributed by atoms with Crippen LogP contribution in [0.1, 0.15) is 18.0 Å². The van der Waals surface area contributed by atoms with E-state index in [2.05, 4.69) is 21.2 Å². The Balaban J connectivity index is 1.42. The zero-order chi connectivity index (χ0) is 19.1. The second-order valence-corrected chi connectivity index (χ2v) is 7.58. The summed E-state index contributed by atoms with van der Waals surface area (Å²) in [6.45, 7) is 2.55. The summed E-state index contributed by atoms with van der Waals surface area (Å²) >= 11 is 0. The first kappa shape index (κ1) is 17.0.